The van der Waals surface area contributed by atoms with E-state index in [0.717, 1.165) is 64.7 Å². The normalized spacial score (nSPS) is 13.7. The first-order valence-corrected chi connectivity index (χ1v) is 22.7. The van der Waals surface area contributed by atoms with Crippen LogP contribution in [0.1, 0.15) is 194 Å². The molecule has 0 bridgehead atoms. The molecule has 306 valence electrons. The van der Waals surface area contributed by atoms with Crippen molar-refractivity contribution in [3.8, 4) is 0 Å². The topological polar surface area (TPSA) is 67.8 Å². The second kappa shape index (κ2) is 44.2. The van der Waals surface area contributed by atoms with E-state index in [1.165, 1.54) is 141 Å². The lowest BCUT2D eigenvalue weighted by atomic mass is 10.1. The number of aliphatic hydroxyl groups is 2. The van der Waals surface area contributed by atoms with Crippen LogP contribution in [0.5, 0.6) is 0 Å². The van der Waals surface area contributed by atoms with Crippen LogP contribution in [0.2, 0.25) is 0 Å². The molecule has 52 heavy (non-hydrogen) atoms. The third-order valence-electron chi connectivity index (χ3n) is 10.1. The standard InChI is InChI=1S/C47H91N3O2/c1-4-6-8-10-12-14-16-18-20-22-24-26-28-30-32-34-36-38-46(51)44-48-40-42-50(3)43-41-49-45-47(52)39-37-35-33-31-29-27-25-23-21-19-17-15-13-11-9-7-5-2/h14-17,20-23,46-49,51-52H,4-13,18-19,24-45H2,1-3H3/b16-14-,17-15-,22-20-,23-21-. The van der Waals surface area contributed by atoms with Gasteiger partial charge in [0, 0.05) is 39.3 Å². The summed E-state index contributed by atoms with van der Waals surface area (Å²) in [6.07, 6.45) is 53.1. The third kappa shape index (κ3) is 43.2. The molecular formula is C47H91N3O2. The predicted molar refractivity (Wildman–Crippen MR) is 232 cm³/mol. The van der Waals surface area contributed by atoms with Gasteiger partial charge in [-0.3, -0.25) is 0 Å². The highest BCUT2D eigenvalue weighted by Crippen LogP contribution is 2.12. The van der Waals surface area contributed by atoms with Crippen molar-refractivity contribution in [1.82, 2.24) is 15.5 Å². The van der Waals surface area contributed by atoms with E-state index in [-0.39, 0.29) is 12.2 Å². The molecule has 0 spiro atoms. The minimum Gasteiger partial charge on any atom is -0.392 e. The Bertz CT molecular complexity index is 732. The Labute approximate surface area is 325 Å². The lowest BCUT2D eigenvalue weighted by Crippen LogP contribution is -2.38. The van der Waals surface area contributed by atoms with Crippen molar-refractivity contribution in [2.45, 2.75) is 206 Å². The predicted octanol–water partition coefficient (Wildman–Crippen LogP) is 12.0. The number of likely N-dealkylation sites (N-methyl/N-ethyl adjacent to an activating group) is 1. The van der Waals surface area contributed by atoms with Gasteiger partial charge in [-0.1, -0.05) is 165 Å². The number of nitrogens with one attached hydrogen (secondary N) is 2. The maximum Gasteiger partial charge on any atom is 0.0664 e. The summed E-state index contributed by atoms with van der Waals surface area (Å²) in [6.45, 7) is 9.64. The summed E-state index contributed by atoms with van der Waals surface area (Å²) in [4.78, 5) is 2.31. The molecule has 0 aliphatic rings. The zero-order valence-electron chi connectivity index (χ0n) is 35.2. The Balaban J connectivity index is 3.43. The lowest BCUT2D eigenvalue weighted by molar-refractivity contribution is 0.154. The quantitative estimate of drug-likeness (QED) is 0.0372. The van der Waals surface area contributed by atoms with Gasteiger partial charge in [0.05, 0.1) is 12.2 Å². The van der Waals surface area contributed by atoms with Gasteiger partial charge in [-0.25, -0.2) is 0 Å². The van der Waals surface area contributed by atoms with Crippen LogP contribution in [0.15, 0.2) is 48.6 Å². The molecule has 5 nitrogen and oxygen atoms in total. The van der Waals surface area contributed by atoms with Crippen LogP contribution >= 0.6 is 0 Å². The molecule has 0 saturated carbocycles. The maximum atomic E-state index is 10.3. The molecule has 0 amide bonds. The highest BCUT2D eigenvalue weighted by molar-refractivity contribution is 4.93. The van der Waals surface area contributed by atoms with E-state index in [2.05, 4.69) is 85.0 Å². The van der Waals surface area contributed by atoms with E-state index in [1.807, 2.05) is 0 Å². The summed E-state index contributed by atoms with van der Waals surface area (Å²) < 4.78 is 0. The zero-order chi connectivity index (χ0) is 37.8. The highest BCUT2D eigenvalue weighted by atomic mass is 16.3. The Morgan fingerprint density at radius 3 is 1.08 bits per heavy atom. The maximum absolute atomic E-state index is 10.3. The van der Waals surface area contributed by atoms with E-state index < -0.39 is 0 Å². The molecule has 0 aliphatic heterocycles. The van der Waals surface area contributed by atoms with Crippen LogP contribution < -0.4 is 10.6 Å². The third-order valence-corrected chi connectivity index (χ3v) is 10.1. The van der Waals surface area contributed by atoms with Gasteiger partial charge in [0.2, 0.25) is 0 Å². The first-order valence-electron chi connectivity index (χ1n) is 22.7. The van der Waals surface area contributed by atoms with E-state index in [9.17, 15) is 10.2 Å². The first kappa shape index (κ1) is 50.8. The van der Waals surface area contributed by atoms with Crippen molar-refractivity contribution in [3.05, 3.63) is 48.6 Å². The average Bonchev–Trinajstić information content (AvgIpc) is 3.14. The van der Waals surface area contributed by atoms with Gasteiger partial charge in [0.15, 0.2) is 0 Å². The number of unbranched alkanes of at least 4 members (excludes halogenated alkanes) is 20. The summed E-state index contributed by atoms with van der Waals surface area (Å²) in [5, 5.41) is 27.5. The number of aliphatic hydroxyl groups excluding tert-OH is 2. The monoisotopic (exact) mass is 730 g/mol. The molecule has 0 aliphatic carbocycles. The van der Waals surface area contributed by atoms with Gasteiger partial charge in [0.25, 0.3) is 0 Å². The summed E-state index contributed by atoms with van der Waals surface area (Å²) in [7, 11) is 2.14. The number of hydrogen-bond acceptors (Lipinski definition) is 5. The van der Waals surface area contributed by atoms with E-state index in [0.29, 0.717) is 13.1 Å². The Morgan fingerprint density at radius 2 is 0.731 bits per heavy atom. The Hall–Kier alpha value is -1.24. The molecule has 0 aromatic rings. The van der Waals surface area contributed by atoms with Crippen molar-refractivity contribution >= 4 is 0 Å². The summed E-state index contributed by atoms with van der Waals surface area (Å²) in [5.41, 5.74) is 0. The van der Waals surface area contributed by atoms with E-state index in [4.69, 9.17) is 0 Å². The van der Waals surface area contributed by atoms with E-state index >= 15 is 0 Å². The van der Waals surface area contributed by atoms with Gasteiger partial charge in [-0.15, -0.1) is 0 Å². The van der Waals surface area contributed by atoms with Gasteiger partial charge in [-0.05, 0) is 84.1 Å². The van der Waals surface area contributed by atoms with Crippen molar-refractivity contribution in [1.29, 1.82) is 0 Å². The van der Waals surface area contributed by atoms with Crippen molar-refractivity contribution < 1.29 is 10.2 Å². The largest absolute Gasteiger partial charge is 0.392 e. The average molecular weight is 730 g/mol. The fraction of sp³-hybridized carbons (Fsp3) is 0.830. The summed E-state index contributed by atoms with van der Waals surface area (Å²) >= 11 is 0. The minimum atomic E-state index is -0.237. The van der Waals surface area contributed by atoms with E-state index in [1.54, 1.807) is 0 Å². The Morgan fingerprint density at radius 1 is 0.423 bits per heavy atom. The van der Waals surface area contributed by atoms with Gasteiger partial charge < -0.3 is 25.7 Å². The molecule has 0 heterocycles. The second-order valence-electron chi connectivity index (χ2n) is 15.5. The molecule has 0 aromatic heterocycles. The van der Waals surface area contributed by atoms with Crippen LogP contribution in [0, 0.1) is 0 Å². The SMILES string of the molecule is CCCCCC/C=C\C/C=C\CCCCCCCCC(O)CNCCN(C)CCNCC(O)CCCCCCCC/C=C\C/C=C\CCCCCC. The molecular weight excluding hydrogens is 639 g/mol. The van der Waals surface area contributed by atoms with Gasteiger partial charge in [0.1, 0.15) is 0 Å². The number of allylic oxidation sites excluding steroid dienone is 8. The number of hydrogen-bond donors (Lipinski definition) is 4. The van der Waals surface area contributed by atoms with Crippen LogP contribution in [0.4, 0.5) is 0 Å². The fourth-order valence-electron chi connectivity index (χ4n) is 6.48. The zero-order valence-corrected chi connectivity index (χ0v) is 35.2. The number of rotatable bonds is 42. The fourth-order valence-corrected chi connectivity index (χ4v) is 6.48. The second-order valence-corrected chi connectivity index (χ2v) is 15.5. The molecule has 0 rings (SSSR count). The van der Waals surface area contributed by atoms with Crippen molar-refractivity contribution in [3.63, 3.8) is 0 Å². The molecule has 5 heteroatoms. The summed E-state index contributed by atoms with van der Waals surface area (Å²) in [5.74, 6) is 0. The lowest BCUT2D eigenvalue weighted by Gasteiger charge is -2.19. The van der Waals surface area contributed by atoms with Gasteiger partial charge >= 0.3 is 0 Å². The molecule has 2 unspecified atom stereocenters. The summed E-state index contributed by atoms with van der Waals surface area (Å²) in [6, 6.07) is 0. The molecule has 4 N–H and O–H groups in total. The Kier molecular flexibility index (Phi) is 43.1. The van der Waals surface area contributed by atoms with Crippen LogP contribution in [-0.4, -0.2) is 73.6 Å². The van der Waals surface area contributed by atoms with Crippen LogP contribution in [0.25, 0.3) is 0 Å². The first-order chi connectivity index (χ1) is 25.6. The highest BCUT2D eigenvalue weighted by Gasteiger charge is 2.06. The molecule has 0 saturated heterocycles. The molecule has 0 radical (unpaired) electrons. The van der Waals surface area contributed by atoms with Crippen molar-refractivity contribution in [2.24, 2.45) is 0 Å². The molecule has 0 aromatic carbocycles. The van der Waals surface area contributed by atoms with Crippen molar-refractivity contribution in [2.75, 3.05) is 46.3 Å². The minimum absolute atomic E-state index is 0.237. The smallest absolute Gasteiger partial charge is 0.0664 e. The molecule has 2 atom stereocenters. The number of nitrogens with zero attached hydrogens (tertiary/aromatic N) is 1. The van der Waals surface area contributed by atoms with Gasteiger partial charge in [-0.2, -0.15) is 0 Å². The van der Waals surface area contributed by atoms with Crippen LogP contribution in [0.3, 0.4) is 0 Å². The van der Waals surface area contributed by atoms with Crippen LogP contribution in [-0.2, 0) is 0 Å². The molecule has 0 fully saturated rings.